The van der Waals surface area contributed by atoms with Crippen molar-refractivity contribution in [2.24, 2.45) is 11.8 Å². The average Bonchev–Trinajstić information content (AvgIpc) is 3.67. The lowest BCUT2D eigenvalue weighted by Gasteiger charge is -2.46. The zero-order chi connectivity index (χ0) is 25.1. The SMILES string of the molecule is O=C(c1nc(C2CC2)sc1-c1ccccc1)N1CC2CC(C1)CN(c1cnc3cc(Cl)c(Cl)cc3n1)C2. The standard InChI is InChI=1S/C28H25Cl2N5OS/c29-20-9-22-23(10-21(20)30)32-24(11-31-22)34-12-16-8-17(13-34)15-35(14-16)28(36)25-26(18-4-2-1-3-5-18)37-27(33-25)19-6-7-19/h1-5,9-11,16-17,19H,6-8,12-15H2. The number of carbonyl (C=O) groups is 1. The van der Waals surface area contributed by atoms with Crippen LogP contribution in [0.3, 0.4) is 0 Å². The number of thiazole rings is 1. The molecule has 3 aliphatic rings. The molecule has 0 N–H and O–H groups in total. The summed E-state index contributed by atoms with van der Waals surface area (Å²) in [5.41, 5.74) is 3.18. The van der Waals surface area contributed by atoms with Crippen molar-refractivity contribution in [3.8, 4) is 10.4 Å². The Morgan fingerprint density at radius 2 is 1.62 bits per heavy atom. The van der Waals surface area contributed by atoms with Crippen molar-refractivity contribution in [1.82, 2.24) is 19.9 Å². The van der Waals surface area contributed by atoms with E-state index < -0.39 is 0 Å². The van der Waals surface area contributed by atoms with Crippen LogP contribution < -0.4 is 4.90 Å². The number of piperidine rings is 2. The Balaban J connectivity index is 1.12. The van der Waals surface area contributed by atoms with E-state index in [2.05, 4.69) is 22.0 Å². The fourth-order valence-electron chi connectivity index (χ4n) is 5.71. The van der Waals surface area contributed by atoms with Crippen molar-refractivity contribution in [3.05, 3.63) is 69.4 Å². The molecule has 2 aliphatic heterocycles. The van der Waals surface area contributed by atoms with Crippen LogP contribution in [-0.4, -0.2) is 51.9 Å². The van der Waals surface area contributed by atoms with Crippen molar-refractivity contribution in [3.63, 3.8) is 0 Å². The first-order valence-electron chi connectivity index (χ1n) is 12.7. The van der Waals surface area contributed by atoms with E-state index in [1.54, 1.807) is 23.5 Å². The van der Waals surface area contributed by atoms with Crippen LogP contribution in [0.25, 0.3) is 21.5 Å². The summed E-state index contributed by atoms with van der Waals surface area (Å²) in [5, 5.41) is 2.07. The molecule has 4 heterocycles. The van der Waals surface area contributed by atoms with Gasteiger partial charge >= 0.3 is 0 Å². The normalized spacial score (nSPS) is 21.5. The van der Waals surface area contributed by atoms with Crippen molar-refractivity contribution >= 4 is 57.3 Å². The molecule has 4 aromatic rings. The molecule has 2 saturated heterocycles. The number of amides is 1. The van der Waals surface area contributed by atoms with Crippen LogP contribution in [0.15, 0.2) is 48.7 Å². The van der Waals surface area contributed by atoms with Gasteiger partial charge in [-0.05, 0) is 48.8 Å². The third-order valence-electron chi connectivity index (χ3n) is 7.57. The highest BCUT2D eigenvalue weighted by Crippen LogP contribution is 2.45. The number of fused-ring (bicyclic) bond motifs is 3. The van der Waals surface area contributed by atoms with Crippen LogP contribution in [0, 0.1) is 11.8 Å². The molecular weight excluding hydrogens is 525 g/mol. The van der Waals surface area contributed by atoms with E-state index in [9.17, 15) is 4.79 Å². The molecule has 0 spiro atoms. The lowest BCUT2D eigenvalue weighted by Crippen LogP contribution is -2.54. The molecule has 0 radical (unpaired) electrons. The van der Waals surface area contributed by atoms with Crippen LogP contribution in [0.4, 0.5) is 5.82 Å². The summed E-state index contributed by atoms with van der Waals surface area (Å²) in [6.07, 6.45) is 5.29. The van der Waals surface area contributed by atoms with E-state index >= 15 is 0 Å². The van der Waals surface area contributed by atoms with E-state index in [1.165, 1.54) is 12.8 Å². The van der Waals surface area contributed by atoms with Crippen LogP contribution in [0.5, 0.6) is 0 Å². The summed E-state index contributed by atoms with van der Waals surface area (Å²) < 4.78 is 0. The monoisotopic (exact) mass is 549 g/mol. The topological polar surface area (TPSA) is 62.2 Å². The van der Waals surface area contributed by atoms with Gasteiger partial charge in [-0.2, -0.15) is 0 Å². The van der Waals surface area contributed by atoms with Crippen LogP contribution in [-0.2, 0) is 0 Å². The molecule has 2 atom stereocenters. The largest absolute Gasteiger partial charge is 0.355 e. The Labute approximate surface area is 229 Å². The molecule has 2 unspecified atom stereocenters. The van der Waals surface area contributed by atoms with E-state index in [0.717, 1.165) is 64.9 Å². The maximum atomic E-state index is 13.8. The molecule has 7 rings (SSSR count). The maximum Gasteiger partial charge on any atom is 0.274 e. The van der Waals surface area contributed by atoms with E-state index in [0.29, 0.717) is 33.5 Å². The molecule has 2 aromatic heterocycles. The fourth-order valence-corrected chi connectivity index (χ4v) is 7.25. The molecule has 3 fully saturated rings. The minimum atomic E-state index is 0.0715. The van der Waals surface area contributed by atoms with Gasteiger partial charge in [0.05, 0.1) is 37.2 Å². The van der Waals surface area contributed by atoms with Crippen molar-refractivity contribution in [1.29, 1.82) is 0 Å². The zero-order valence-corrected chi connectivity index (χ0v) is 22.4. The second-order valence-corrected chi connectivity index (χ2v) is 12.3. The second kappa shape index (κ2) is 9.22. The molecule has 6 nitrogen and oxygen atoms in total. The quantitative estimate of drug-likeness (QED) is 0.289. The van der Waals surface area contributed by atoms with Gasteiger partial charge in [-0.25, -0.2) is 9.97 Å². The van der Waals surface area contributed by atoms with Gasteiger partial charge < -0.3 is 9.80 Å². The van der Waals surface area contributed by atoms with Gasteiger partial charge in [-0.15, -0.1) is 11.3 Å². The number of hydrogen-bond donors (Lipinski definition) is 0. The molecule has 188 valence electrons. The third kappa shape index (κ3) is 4.47. The first-order chi connectivity index (χ1) is 18.0. The number of benzene rings is 2. The number of halogens is 2. The van der Waals surface area contributed by atoms with Gasteiger partial charge in [-0.1, -0.05) is 53.5 Å². The highest BCUT2D eigenvalue weighted by Gasteiger charge is 2.39. The van der Waals surface area contributed by atoms with Gasteiger partial charge in [0.25, 0.3) is 5.91 Å². The third-order valence-corrected chi connectivity index (χ3v) is 9.56. The predicted octanol–water partition coefficient (Wildman–Crippen LogP) is 6.54. The number of anilines is 1. The minimum absolute atomic E-state index is 0.0715. The number of rotatable bonds is 4. The summed E-state index contributed by atoms with van der Waals surface area (Å²) in [5.74, 6) is 2.20. The molecule has 2 aromatic carbocycles. The Hall–Kier alpha value is -2.74. The van der Waals surface area contributed by atoms with Gasteiger partial charge in [0, 0.05) is 32.1 Å². The number of carbonyl (C=O) groups excluding carboxylic acids is 1. The van der Waals surface area contributed by atoms with E-state index in [1.807, 2.05) is 29.3 Å². The lowest BCUT2D eigenvalue weighted by atomic mass is 9.84. The van der Waals surface area contributed by atoms with Gasteiger partial charge in [0.1, 0.15) is 11.5 Å². The molecule has 1 amide bonds. The maximum absolute atomic E-state index is 13.8. The van der Waals surface area contributed by atoms with Gasteiger partial charge in [-0.3, -0.25) is 9.78 Å². The summed E-state index contributed by atoms with van der Waals surface area (Å²) in [4.78, 5) is 33.5. The number of likely N-dealkylation sites (tertiary alicyclic amines) is 1. The summed E-state index contributed by atoms with van der Waals surface area (Å²) in [6, 6.07) is 13.7. The molecule has 1 aliphatic carbocycles. The number of hydrogen-bond acceptors (Lipinski definition) is 6. The molecule has 1 saturated carbocycles. The zero-order valence-electron chi connectivity index (χ0n) is 20.1. The number of aromatic nitrogens is 3. The molecule has 37 heavy (non-hydrogen) atoms. The summed E-state index contributed by atoms with van der Waals surface area (Å²) in [6.45, 7) is 3.16. The Morgan fingerprint density at radius 1 is 0.919 bits per heavy atom. The lowest BCUT2D eigenvalue weighted by molar-refractivity contribution is 0.0560. The van der Waals surface area contributed by atoms with Crippen molar-refractivity contribution in [2.75, 3.05) is 31.1 Å². The number of nitrogens with zero attached hydrogens (tertiary/aromatic N) is 5. The average molecular weight is 551 g/mol. The first kappa shape index (κ1) is 23.4. The van der Waals surface area contributed by atoms with Crippen LogP contribution in [0.1, 0.15) is 40.7 Å². The fraction of sp³-hybridized carbons (Fsp3) is 0.357. The molecule has 9 heteroatoms. The molecule has 2 bridgehead atoms. The van der Waals surface area contributed by atoms with E-state index in [4.69, 9.17) is 33.2 Å². The summed E-state index contributed by atoms with van der Waals surface area (Å²) >= 11 is 14.1. The van der Waals surface area contributed by atoms with Crippen molar-refractivity contribution in [2.45, 2.75) is 25.2 Å². The van der Waals surface area contributed by atoms with Crippen molar-refractivity contribution < 1.29 is 4.79 Å². The Morgan fingerprint density at radius 3 is 2.32 bits per heavy atom. The highest BCUT2D eigenvalue weighted by molar-refractivity contribution is 7.15. The first-order valence-corrected chi connectivity index (χ1v) is 14.3. The molecular formula is C28H25Cl2N5OS. The predicted molar refractivity (Wildman–Crippen MR) is 149 cm³/mol. The smallest absolute Gasteiger partial charge is 0.274 e. The Bertz CT molecular complexity index is 1490. The van der Waals surface area contributed by atoms with Crippen LogP contribution in [0.2, 0.25) is 10.0 Å². The Kier molecular flexibility index (Phi) is 5.83. The van der Waals surface area contributed by atoms with Gasteiger partial charge in [0.15, 0.2) is 0 Å². The van der Waals surface area contributed by atoms with Gasteiger partial charge in [0.2, 0.25) is 0 Å². The van der Waals surface area contributed by atoms with E-state index in [-0.39, 0.29) is 5.91 Å². The second-order valence-electron chi connectivity index (χ2n) is 10.4. The highest BCUT2D eigenvalue weighted by atomic mass is 35.5. The minimum Gasteiger partial charge on any atom is -0.355 e. The summed E-state index contributed by atoms with van der Waals surface area (Å²) in [7, 11) is 0. The van der Waals surface area contributed by atoms with Crippen LogP contribution >= 0.6 is 34.5 Å².